The minimum atomic E-state index is -3.44. The number of anilines is 2. The first-order chi connectivity index (χ1) is 11.8. The molecule has 0 atom stereocenters. The van der Waals surface area contributed by atoms with Crippen LogP contribution in [-0.2, 0) is 14.8 Å². The average molecular weight is 381 g/mol. The second-order valence-corrected chi connectivity index (χ2v) is 8.12. The van der Waals surface area contributed by atoms with Crippen LogP contribution in [0, 0.1) is 6.92 Å². The van der Waals surface area contributed by atoms with Gasteiger partial charge in [-0.25, -0.2) is 8.42 Å². The van der Waals surface area contributed by atoms with Crippen molar-refractivity contribution >= 4 is 38.9 Å². The maximum Gasteiger partial charge on any atom is 0.232 e. The first kappa shape index (κ1) is 19.3. The zero-order valence-corrected chi connectivity index (χ0v) is 15.8. The average Bonchev–Trinajstić information content (AvgIpc) is 2.54. The molecule has 1 amide bonds. The Balaban J connectivity index is 1.96. The van der Waals surface area contributed by atoms with Gasteiger partial charge in [-0.2, -0.15) is 0 Å². The maximum atomic E-state index is 12.1. The van der Waals surface area contributed by atoms with Crippen molar-refractivity contribution in [3.8, 4) is 0 Å². The molecule has 0 aliphatic carbocycles. The zero-order chi connectivity index (χ0) is 18.4. The lowest BCUT2D eigenvalue weighted by Crippen LogP contribution is -2.31. The molecule has 0 spiro atoms. The summed E-state index contributed by atoms with van der Waals surface area (Å²) < 4.78 is 25.3. The van der Waals surface area contributed by atoms with Gasteiger partial charge in [0.2, 0.25) is 15.9 Å². The largest absolute Gasteiger partial charge is 0.326 e. The van der Waals surface area contributed by atoms with E-state index >= 15 is 0 Å². The van der Waals surface area contributed by atoms with Crippen LogP contribution in [0.5, 0.6) is 0 Å². The van der Waals surface area contributed by atoms with Crippen LogP contribution in [0.1, 0.15) is 18.4 Å². The highest BCUT2D eigenvalue weighted by molar-refractivity contribution is 7.92. The van der Waals surface area contributed by atoms with E-state index in [1.54, 1.807) is 24.3 Å². The van der Waals surface area contributed by atoms with Gasteiger partial charge in [0.15, 0.2) is 0 Å². The Kier molecular flexibility index (Phi) is 6.45. The fraction of sp³-hybridized carbons (Fsp3) is 0.278. The van der Waals surface area contributed by atoms with Crippen molar-refractivity contribution in [1.82, 2.24) is 0 Å². The van der Waals surface area contributed by atoms with E-state index in [0.29, 0.717) is 17.1 Å². The molecule has 0 saturated carbocycles. The van der Waals surface area contributed by atoms with Crippen molar-refractivity contribution < 1.29 is 13.2 Å². The van der Waals surface area contributed by atoms with Gasteiger partial charge in [0.25, 0.3) is 0 Å². The van der Waals surface area contributed by atoms with Gasteiger partial charge in [0.1, 0.15) is 0 Å². The second-order valence-electron chi connectivity index (χ2n) is 5.78. The van der Waals surface area contributed by atoms with Gasteiger partial charge in [-0.15, -0.1) is 0 Å². The zero-order valence-electron chi connectivity index (χ0n) is 14.2. The molecule has 0 aliphatic heterocycles. The molecule has 7 heteroatoms. The number of para-hydroxylation sites is 1. The minimum Gasteiger partial charge on any atom is -0.326 e. The maximum absolute atomic E-state index is 12.1. The van der Waals surface area contributed by atoms with Crippen molar-refractivity contribution in [3.63, 3.8) is 0 Å². The van der Waals surface area contributed by atoms with Crippen molar-refractivity contribution in [3.05, 3.63) is 59.1 Å². The number of carbonyl (C=O) groups is 1. The number of rotatable bonds is 7. The second kappa shape index (κ2) is 8.36. The monoisotopic (exact) mass is 380 g/mol. The third kappa shape index (κ3) is 5.76. The number of benzene rings is 2. The summed E-state index contributed by atoms with van der Waals surface area (Å²) in [5, 5.41) is 3.38. The highest BCUT2D eigenvalue weighted by Crippen LogP contribution is 2.21. The summed E-state index contributed by atoms with van der Waals surface area (Å²) in [5.74, 6) is -0.140. The summed E-state index contributed by atoms with van der Waals surface area (Å²) in [5.41, 5.74) is 2.28. The molecule has 25 heavy (non-hydrogen) atoms. The van der Waals surface area contributed by atoms with Gasteiger partial charge in [-0.05, 0) is 49.2 Å². The third-order valence-electron chi connectivity index (χ3n) is 3.70. The van der Waals surface area contributed by atoms with Crippen molar-refractivity contribution in [2.75, 3.05) is 22.4 Å². The normalized spacial score (nSPS) is 11.2. The Morgan fingerprint density at radius 1 is 1.12 bits per heavy atom. The molecule has 2 aromatic rings. The van der Waals surface area contributed by atoms with Crippen LogP contribution in [0.4, 0.5) is 11.4 Å². The van der Waals surface area contributed by atoms with E-state index in [9.17, 15) is 13.2 Å². The number of nitrogens with zero attached hydrogens (tertiary/aromatic N) is 1. The topological polar surface area (TPSA) is 66.5 Å². The van der Waals surface area contributed by atoms with E-state index in [1.165, 1.54) is 4.31 Å². The summed E-state index contributed by atoms with van der Waals surface area (Å²) >= 11 is 5.85. The Bertz CT molecular complexity index is 836. The lowest BCUT2D eigenvalue weighted by atomic mass is 10.2. The van der Waals surface area contributed by atoms with E-state index in [0.717, 1.165) is 17.5 Å². The number of hydrogen-bond acceptors (Lipinski definition) is 3. The molecule has 1 N–H and O–H groups in total. The van der Waals surface area contributed by atoms with Gasteiger partial charge in [-0.3, -0.25) is 9.10 Å². The molecule has 0 fully saturated rings. The summed E-state index contributed by atoms with van der Waals surface area (Å²) in [6, 6.07) is 14.1. The lowest BCUT2D eigenvalue weighted by Gasteiger charge is -2.22. The number of amides is 1. The van der Waals surface area contributed by atoms with Crippen LogP contribution in [0.3, 0.4) is 0 Å². The molecule has 0 heterocycles. The SMILES string of the molecule is Cc1ccccc1NC(=O)CCCN(c1ccc(Cl)cc1)S(C)(=O)=O. The molecular formula is C18H21ClN2O3S. The molecule has 0 unspecified atom stereocenters. The molecule has 5 nitrogen and oxygen atoms in total. The fourth-order valence-electron chi connectivity index (χ4n) is 2.40. The van der Waals surface area contributed by atoms with E-state index < -0.39 is 10.0 Å². The molecule has 0 bridgehead atoms. The summed E-state index contributed by atoms with van der Waals surface area (Å²) in [4.78, 5) is 12.1. The lowest BCUT2D eigenvalue weighted by molar-refractivity contribution is -0.116. The molecule has 0 aliphatic rings. The fourth-order valence-corrected chi connectivity index (χ4v) is 3.49. The van der Waals surface area contributed by atoms with Crippen molar-refractivity contribution in [2.45, 2.75) is 19.8 Å². The predicted molar refractivity (Wildman–Crippen MR) is 103 cm³/mol. The number of halogens is 1. The van der Waals surface area contributed by atoms with Crippen molar-refractivity contribution in [1.29, 1.82) is 0 Å². The van der Waals surface area contributed by atoms with Crippen LogP contribution >= 0.6 is 11.6 Å². The first-order valence-electron chi connectivity index (χ1n) is 7.86. The molecule has 2 aromatic carbocycles. The highest BCUT2D eigenvalue weighted by atomic mass is 35.5. The Morgan fingerprint density at radius 3 is 2.36 bits per heavy atom. The Hall–Kier alpha value is -2.05. The molecule has 0 aromatic heterocycles. The van der Waals surface area contributed by atoms with E-state index in [4.69, 9.17) is 11.6 Å². The standard InChI is InChI=1S/C18H21ClN2O3S/c1-14-6-3-4-7-17(14)20-18(22)8-5-13-21(25(2,23)24)16-11-9-15(19)10-12-16/h3-4,6-7,9-12H,5,8,13H2,1-2H3,(H,20,22). The smallest absolute Gasteiger partial charge is 0.232 e. The van der Waals surface area contributed by atoms with Crippen LogP contribution in [0.2, 0.25) is 5.02 Å². The summed E-state index contributed by atoms with van der Waals surface area (Å²) in [7, 11) is -3.44. The third-order valence-corrected chi connectivity index (χ3v) is 5.15. The van der Waals surface area contributed by atoms with Crippen LogP contribution in [0.15, 0.2) is 48.5 Å². The number of carbonyl (C=O) groups excluding carboxylic acids is 1. The first-order valence-corrected chi connectivity index (χ1v) is 10.1. The molecular weight excluding hydrogens is 360 g/mol. The predicted octanol–water partition coefficient (Wildman–Crippen LogP) is 3.83. The van der Waals surface area contributed by atoms with Crippen molar-refractivity contribution in [2.24, 2.45) is 0 Å². The quantitative estimate of drug-likeness (QED) is 0.793. The molecule has 134 valence electrons. The van der Waals surface area contributed by atoms with Gasteiger partial charge in [0, 0.05) is 23.7 Å². The van der Waals surface area contributed by atoms with E-state index in [-0.39, 0.29) is 18.9 Å². The number of sulfonamides is 1. The van der Waals surface area contributed by atoms with Crippen LogP contribution in [0.25, 0.3) is 0 Å². The van der Waals surface area contributed by atoms with Gasteiger partial charge < -0.3 is 5.32 Å². The Morgan fingerprint density at radius 2 is 1.76 bits per heavy atom. The van der Waals surface area contributed by atoms with E-state index in [2.05, 4.69) is 5.32 Å². The van der Waals surface area contributed by atoms with Crippen LogP contribution < -0.4 is 9.62 Å². The number of hydrogen-bond donors (Lipinski definition) is 1. The number of nitrogens with one attached hydrogen (secondary N) is 1. The van der Waals surface area contributed by atoms with Gasteiger partial charge >= 0.3 is 0 Å². The highest BCUT2D eigenvalue weighted by Gasteiger charge is 2.17. The molecule has 0 saturated heterocycles. The molecule has 0 radical (unpaired) electrons. The summed E-state index contributed by atoms with van der Waals surface area (Å²) in [6.45, 7) is 2.14. The number of aryl methyl sites for hydroxylation is 1. The molecule has 2 rings (SSSR count). The Labute approximate surface area is 153 Å². The van der Waals surface area contributed by atoms with Gasteiger partial charge in [0.05, 0.1) is 11.9 Å². The van der Waals surface area contributed by atoms with Crippen LogP contribution in [-0.4, -0.2) is 27.1 Å². The van der Waals surface area contributed by atoms with E-state index in [1.807, 2.05) is 31.2 Å². The minimum absolute atomic E-state index is 0.140. The summed E-state index contributed by atoms with van der Waals surface area (Å²) in [6.07, 6.45) is 1.79. The van der Waals surface area contributed by atoms with Gasteiger partial charge in [-0.1, -0.05) is 29.8 Å².